The van der Waals surface area contributed by atoms with E-state index in [0.717, 1.165) is 12.4 Å². The van der Waals surface area contributed by atoms with E-state index in [1.807, 2.05) is 0 Å². The molecule has 0 radical (unpaired) electrons. The van der Waals surface area contributed by atoms with Crippen LogP contribution in [-0.4, -0.2) is 13.7 Å². The van der Waals surface area contributed by atoms with Gasteiger partial charge < -0.3 is 9.47 Å². The van der Waals surface area contributed by atoms with Gasteiger partial charge in [-0.25, -0.2) is 0 Å². The lowest BCUT2D eigenvalue weighted by Crippen LogP contribution is -2.41. The van der Waals surface area contributed by atoms with Gasteiger partial charge in [0.15, 0.2) is 0 Å². The molecule has 1 aromatic carbocycles. The molecule has 1 aromatic rings. The van der Waals surface area contributed by atoms with Crippen LogP contribution in [-0.2, 0) is 4.74 Å². The van der Waals surface area contributed by atoms with E-state index in [1.54, 1.807) is 7.11 Å². The molecule has 2 nitrogen and oxygen atoms in total. The number of hydrogen-bond acceptors (Lipinski definition) is 2. The average Bonchev–Trinajstić information content (AvgIpc) is 2.25. The van der Waals surface area contributed by atoms with Crippen molar-refractivity contribution in [2.24, 2.45) is 5.41 Å². The molecule has 1 aliphatic heterocycles. The van der Waals surface area contributed by atoms with Crippen LogP contribution in [0.4, 0.5) is 0 Å². The number of aryl methyl sites for hydroxylation is 1. The Labute approximate surface area is 104 Å². The molecule has 94 valence electrons. The Hall–Kier alpha value is -1.02. The maximum absolute atomic E-state index is 5.76. The van der Waals surface area contributed by atoms with Gasteiger partial charge in [-0.15, -0.1) is 0 Å². The maximum Gasteiger partial charge on any atom is 0.124 e. The molecular weight excluding hydrogens is 212 g/mol. The van der Waals surface area contributed by atoms with Crippen LogP contribution in [0.15, 0.2) is 6.07 Å². The van der Waals surface area contributed by atoms with Crippen LogP contribution < -0.4 is 4.74 Å². The zero-order valence-corrected chi connectivity index (χ0v) is 11.7. The fraction of sp³-hybridized carbons (Fsp3) is 0.600. The highest BCUT2D eigenvalue weighted by Gasteiger charge is 2.42. The van der Waals surface area contributed by atoms with Crippen molar-refractivity contribution >= 4 is 0 Å². The van der Waals surface area contributed by atoms with Crippen molar-refractivity contribution in [3.8, 4) is 5.75 Å². The quantitative estimate of drug-likeness (QED) is 0.776. The number of ether oxygens (including phenoxy) is 2. The summed E-state index contributed by atoms with van der Waals surface area (Å²) >= 11 is 0. The molecule has 0 saturated carbocycles. The van der Waals surface area contributed by atoms with Gasteiger partial charge in [-0.1, -0.05) is 13.8 Å². The molecule has 1 unspecified atom stereocenters. The summed E-state index contributed by atoms with van der Waals surface area (Å²) in [6.45, 7) is 11.7. The molecule has 1 heterocycles. The summed E-state index contributed by atoms with van der Waals surface area (Å²) in [6, 6.07) is 2.22. The Bertz CT molecular complexity index is 447. The minimum atomic E-state index is 0.228. The first-order chi connectivity index (χ1) is 7.88. The molecule has 17 heavy (non-hydrogen) atoms. The van der Waals surface area contributed by atoms with Crippen molar-refractivity contribution in [1.29, 1.82) is 0 Å². The van der Waals surface area contributed by atoms with E-state index in [2.05, 4.69) is 40.7 Å². The first kappa shape index (κ1) is 12.4. The first-order valence-corrected chi connectivity index (χ1v) is 6.15. The topological polar surface area (TPSA) is 18.5 Å². The number of hydrogen-bond donors (Lipinski definition) is 0. The maximum atomic E-state index is 5.76. The van der Waals surface area contributed by atoms with Crippen molar-refractivity contribution in [3.05, 3.63) is 28.3 Å². The van der Waals surface area contributed by atoms with E-state index in [-0.39, 0.29) is 11.5 Å². The summed E-state index contributed by atoms with van der Waals surface area (Å²) in [5.74, 6) is 1.00. The first-order valence-electron chi connectivity index (χ1n) is 6.15. The number of rotatable bonds is 2. The fourth-order valence-corrected chi connectivity index (χ4v) is 2.69. The fourth-order valence-electron chi connectivity index (χ4n) is 2.69. The van der Waals surface area contributed by atoms with Gasteiger partial charge in [0.05, 0.1) is 19.8 Å². The number of methoxy groups -OCH3 is 1. The van der Waals surface area contributed by atoms with Crippen LogP contribution in [0, 0.1) is 26.2 Å². The van der Waals surface area contributed by atoms with Gasteiger partial charge in [0, 0.05) is 5.41 Å². The van der Waals surface area contributed by atoms with Crippen molar-refractivity contribution in [2.45, 2.75) is 40.7 Å². The summed E-state index contributed by atoms with van der Waals surface area (Å²) in [5.41, 5.74) is 5.28. The highest BCUT2D eigenvalue weighted by atomic mass is 16.5. The van der Waals surface area contributed by atoms with Crippen molar-refractivity contribution in [2.75, 3.05) is 13.7 Å². The van der Waals surface area contributed by atoms with Crippen LogP contribution in [0.3, 0.4) is 0 Å². The Kier molecular flexibility index (Phi) is 2.94. The Morgan fingerprint density at radius 1 is 1.24 bits per heavy atom. The molecule has 1 atom stereocenters. The van der Waals surface area contributed by atoms with Crippen LogP contribution in [0.1, 0.15) is 42.2 Å². The minimum Gasteiger partial charge on any atom is -0.496 e. The smallest absolute Gasteiger partial charge is 0.124 e. The molecule has 2 rings (SSSR count). The van der Waals surface area contributed by atoms with Gasteiger partial charge in [0.25, 0.3) is 0 Å². The van der Waals surface area contributed by atoms with E-state index in [1.165, 1.54) is 22.3 Å². The second-order valence-corrected chi connectivity index (χ2v) is 5.75. The predicted molar refractivity (Wildman–Crippen MR) is 69.7 cm³/mol. The Morgan fingerprint density at radius 2 is 1.88 bits per heavy atom. The monoisotopic (exact) mass is 234 g/mol. The number of benzene rings is 1. The largest absolute Gasteiger partial charge is 0.496 e. The average molecular weight is 234 g/mol. The van der Waals surface area contributed by atoms with Crippen molar-refractivity contribution in [3.63, 3.8) is 0 Å². The zero-order valence-electron chi connectivity index (χ0n) is 11.7. The van der Waals surface area contributed by atoms with Crippen LogP contribution in [0.25, 0.3) is 0 Å². The van der Waals surface area contributed by atoms with Gasteiger partial charge in [-0.3, -0.25) is 0 Å². The van der Waals surface area contributed by atoms with Crippen LogP contribution >= 0.6 is 0 Å². The van der Waals surface area contributed by atoms with Crippen LogP contribution in [0.5, 0.6) is 5.75 Å². The van der Waals surface area contributed by atoms with Gasteiger partial charge in [0.2, 0.25) is 0 Å². The molecule has 0 N–H and O–H groups in total. The molecule has 1 aliphatic rings. The summed E-state index contributed by atoms with van der Waals surface area (Å²) in [5, 5.41) is 0. The SMILES string of the molecule is COc1c(C)cc(C2OCC2(C)C)c(C)c1C. The Balaban J connectivity index is 2.50. The third-order valence-corrected chi connectivity index (χ3v) is 3.88. The molecular formula is C15H22O2. The molecule has 0 bridgehead atoms. The summed E-state index contributed by atoms with van der Waals surface area (Å²) in [4.78, 5) is 0. The van der Waals surface area contributed by atoms with Gasteiger partial charge in [-0.05, 0) is 49.1 Å². The van der Waals surface area contributed by atoms with Gasteiger partial charge in [-0.2, -0.15) is 0 Å². The highest BCUT2D eigenvalue weighted by molar-refractivity contribution is 5.50. The lowest BCUT2D eigenvalue weighted by atomic mass is 9.76. The Morgan fingerprint density at radius 3 is 2.29 bits per heavy atom. The van der Waals surface area contributed by atoms with Gasteiger partial charge in [0.1, 0.15) is 5.75 Å². The summed E-state index contributed by atoms with van der Waals surface area (Å²) in [7, 11) is 1.73. The van der Waals surface area contributed by atoms with E-state index in [0.29, 0.717) is 0 Å². The third kappa shape index (κ3) is 1.85. The highest BCUT2D eigenvalue weighted by Crippen LogP contribution is 2.48. The molecule has 0 aromatic heterocycles. The molecule has 1 fully saturated rings. The summed E-state index contributed by atoms with van der Waals surface area (Å²) in [6.07, 6.45) is 0.228. The normalized spacial score (nSPS) is 22.1. The van der Waals surface area contributed by atoms with E-state index >= 15 is 0 Å². The van der Waals surface area contributed by atoms with Crippen LogP contribution in [0.2, 0.25) is 0 Å². The minimum absolute atomic E-state index is 0.228. The van der Waals surface area contributed by atoms with Gasteiger partial charge >= 0.3 is 0 Å². The standard InChI is InChI=1S/C15H22O2/c1-9-7-12(14-15(4,5)8-17-14)10(2)11(3)13(9)16-6/h7,14H,8H2,1-6H3. The molecule has 0 aliphatic carbocycles. The van der Waals surface area contributed by atoms with E-state index < -0.39 is 0 Å². The predicted octanol–water partition coefficient (Wildman–Crippen LogP) is 3.72. The molecule has 0 spiro atoms. The van der Waals surface area contributed by atoms with Crippen molar-refractivity contribution < 1.29 is 9.47 Å². The molecule has 1 saturated heterocycles. The zero-order chi connectivity index (χ0) is 12.8. The van der Waals surface area contributed by atoms with Crippen molar-refractivity contribution in [1.82, 2.24) is 0 Å². The lowest BCUT2D eigenvalue weighted by molar-refractivity contribution is -0.172. The molecule has 0 amide bonds. The molecule has 2 heteroatoms. The van der Waals surface area contributed by atoms with E-state index in [9.17, 15) is 0 Å². The third-order valence-electron chi connectivity index (χ3n) is 3.88. The lowest BCUT2D eigenvalue weighted by Gasteiger charge is -2.45. The second kappa shape index (κ2) is 4.02. The van der Waals surface area contributed by atoms with E-state index in [4.69, 9.17) is 9.47 Å². The second-order valence-electron chi connectivity index (χ2n) is 5.75. The summed E-state index contributed by atoms with van der Waals surface area (Å²) < 4.78 is 11.2.